The Bertz CT molecular complexity index is 446. The average molecular weight is 260 g/mol. The Kier molecular flexibility index (Phi) is 3.65. The summed E-state index contributed by atoms with van der Waals surface area (Å²) in [6, 6.07) is 7.37. The van der Waals surface area contributed by atoms with Crippen LogP contribution in [-0.2, 0) is 6.42 Å². The first-order valence-corrected chi connectivity index (χ1v) is 7.50. The summed E-state index contributed by atoms with van der Waals surface area (Å²) < 4.78 is 5.68. The Morgan fingerprint density at radius 1 is 1.21 bits per heavy atom. The van der Waals surface area contributed by atoms with E-state index in [2.05, 4.69) is 30.1 Å². The van der Waals surface area contributed by atoms with Crippen LogP contribution < -0.4 is 15.4 Å². The van der Waals surface area contributed by atoms with E-state index in [0.29, 0.717) is 12.1 Å². The molecule has 1 saturated carbocycles. The van der Waals surface area contributed by atoms with Gasteiger partial charge in [-0.15, -0.1) is 0 Å². The second-order valence-corrected chi connectivity index (χ2v) is 5.87. The molecule has 1 fully saturated rings. The molecule has 0 amide bonds. The molecule has 0 spiro atoms. The van der Waals surface area contributed by atoms with E-state index in [1.54, 1.807) is 0 Å². The smallest absolute Gasteiger partial charge is 0.122 e. The highest BCUT2D eigenvalue weighted by Gasteiger charge is 2.26. The largest absolute Gasteiger partial charge is 0.493 e. The van der Waals surface area contributed by atoms with Crippen molar-refractivity contribution in [1.29, 1.82) is 0 Å². The second-order valence-electron chi connectivity index (χ2n) is 5.87. The molecule has 0 saturated heterocycles. The standard InChI is InChI=1S/C16H24N2O/c1-18(15-7-3-2-6-14(15)17)13-8-9-16-12(11-13)5-4-10-19-16/h8-9,11,14-15H,2-7,10,17H2,1H3. The predicted molar refractivity (Wildman–Crippen MR) is 78.9 cm³/mol. The van der Waals surface area contributed by atoms with Crippen LogP contribution in [0.2, 0.25) is 0 Å². The minimum Gasteiger partial charge on any atom is -0.493 e. The van der Waals surface area contributed by atoms with Crippen molar-refractivity contribution in [2.75, 3.05) is 18.6 Å². The van der Waals surface area contributed by atoms with Crippen molar-refractivity contribution in [3.8, 4) is 5.75 Å². The van der Waals surface area contributed by atoms with Crippen LogP contribution in [-0.4, -0.2) is 25.7 Å². The number of aryl methyl sites for hydroxylation is 1. The minimum absolute atomic E-state index is 0.311. The lowest BCUT2D eigenvalue weighted by atomic mass is 9.89. The Balaban J connectivity index is 1.80. The van der Waals surface area contributed by atoms with Crippen molar-refractivity contribution in [3.05, 3.63) is 23.8 Å². The quantitative estimate of drug-likeness (QED) is 0.888. The zero-order valence-corrected chi connectivity index (χ0v) is 11.8. The highest BCUT2D eigenvalue weighted by Crippen LogP contribution is 2.31. The summed E-state index contributed by atoms with van der Waals surface area (Å²) in [6.45, 7) is 0.857. The van der Waals surface area contributed by atoms with E-state index in [9.17, 15) is 0 Å². The molecule has 3 heteroatoms. The normalized spacial score (nSPS) is 26.4. The molecule has 104 valence electrons. The van der Waals surface area contributed by atoms with Crippen LogP contribution in [0.4, 0.5) is 5.69 Å². The Labute approximate surface area is 115 Å². The number of fused-ring (bicyclic) bond motifs is 1. The first kappa shape index (κ1) is 12.8. The summed E-state index contributed by atoms with van der Waals surface area (Å²) in [5.74, 6) is 1.07. The molecule has 0 aromatic heterocycles. The summed E-state index contributed by atoms with van der Waals surface area (Å²) in [6.07, 6.45) is 7.21. The fourth-order valence-corrected chi connectivity index (χ4v) is 3.38. The Morgan fingerprint density at radius 2 is 2.05 bits per heavy atom. The van der Waals surface area contributed by atoms with Crippen LogP contribution in [0, 0.1) is 0 Å². The number of likely N-dealkylation sites (N-methyl/N-ethyl adjacent to an activating group) is 1. The number of benzene rings is 1. The maximum absolute atomic E-state index is 6.29. The van der Waals surface area contributed by atoms with Gasteiger partial charge in [0.15, 0.2) is 0 Å². The fourth-order valence-electron chi connectivity index (χ4n) is 3.38. The molecule has 19 heavy (non-hydrogen) atoms. The third kappa shape index (κ3) is 2.57. The van der Waals surface area contributed by atoms with Crippen molar-refractivity contribution >= 4 is 5.69 Å². The molecule has 2 unspecified atom stereocenters. The Morgan fingerprint density at radius 3 is 2.89 bits per heavy atom. The van der Waals surface area contributed by atoms with E-state index in [0.717, 1.165) is 31.6 Å². The third-order valence-corrected chi connectivity index (χ3v) is 4.58. The number of nitrogens with zero attached hydrogens (tertiary/aromatic N) is 1. The van der Waals surface area contributed by atoms with Crippen molar-refractivity contribution in [2.24, 2.45) is 5.73 Å². The van der Waals surface area contributed by atoms with Crippen LogP contribution in [0.1, 0.15) is 37.7 Å². The third-order valence-electron chi connectivity index (χ3n) is 4.58. The van der Waals surface area contributed by atoms with Gasteiger partial charge >= 0.3 is 0 Å². The van der Waals surface area contributed by atoms with Crippen molar-refractivity contribution < 1.29 is 4.74 Å². The number of anilines is 1. The summed E-state index contributed by atoms with van der Waals surface area (Å²) in [4.78, 5) is 2.37. The van der Waals surface area contributed by atoms with Gasteiger partial charge in [0.1, 0.15) is 5.75 Å². The topological polar surface area (TPSA) is 38.5 Å². The van der Waals surface area contributed by atoms with Gasteiger partial charge in [0.25, 0.3) is 0 Å². The number of nitrogens with two attached hydrogens (primary N) is 1. The minimum atomic E-state index is 0.311. The number of hydrogen-bond acceptors (Lipinski definition) is 3. The summed E-state index contributed by atoms with van der Waals surface area (Å²) >= 11 is 0. The first-order valence-electron chi connectivity index (χ1n) is 7.50. The maximum Gasteiger partial charge on any atom is 0.122 e. The van der Waals surface area contributed by atoms with Crippen LogP contribution in [0.25, 0.3) is 0 Å². The Hall–Kier alpha value is -1.22. The second kappa shape index (κ2) is 5.41. The molecule has 2 N–H and O–H groups in total. The van der Waals surface area contributed by atoms with Gasteiger partial charge in [0.05, 0.1) is 6.61 Å². The van der Waals surface area contributed by atoms with Gasteiger partial charge in [-0.25, -0.2) is 0 Å². The van der Waals surface area contributed by atoms with E-state index < -0.39 is 0 Å². The average Bonchev–Trinajstić information content (AvgIpc) is 2.46. The van der Waals surface area contributed by atoms with Crippen molar-refractivity contribution in [1.82, 2.24) is 0 Å². The van der Waals surface area contributed by atoms with Crippen molar-refractivity contribution in [3.63, 3.8) is 0 Å². The molecule has 1 aromatic carbocycles. The van der Waals surface area contributed by atoms with Crippen LogP contribution >= 0.6 is 0 Å². The highest BCUT2D eigenvalue weighted by atomic mass is 16.5. The lowest BCUT2D eigenvalue weighted by molar-refractivity contribution is 0.288. The monoisotopic (exact) mass is 260 g/mol. The van der Waals surface area contributed by atoms with Crippen LogP contribution in [0.3, 0.4) is 0 Å². The van der Waals surface area contributed by atoms with E-state index in [-0.39, 0.29) is 0 Å². The summed E-state index contributed by atoms with van der Waals surface area (Å²) in [5.41, 5.74) is 8.92. The molecule has 0 bridgehead atoms. The fraction of sp³-hybridized carbons (Fsp3) is 0.625. The van der Waals surface area contributed by atoms with Crippen molar-refractivity contribution in [2.45, 2.75) is 50.6 Å². The molecule has 3 nitrogen and oxygen atoms in total. The first-order chi connectivity index (χ1) is 9.25. The molecule has 1 heterocycles. The maximum atomic E-state index is 6.29. The van der Waals surface area contributed by atoms with E-state index in [1.807, 2.05) is 0 Å². The molecule has 3 rings (SSSR count). The molecule has 1 aromatic rings. The van der Waals surface area contributed by atoms with E-state index in [4.69, 9.17) is 10.5 Å². The van der Waals surface area contributed by atoms with Gasteiger partial charge in [-0.2, -0.15) is 0 Å². The van der Waals surface area contributed by atoms with Gasteiger partial charge < -0.3 is 15.4 Å². The molecular weight excluding hydrogens is 236 g/mol. The molecular formula is C16H24N2O. The zero-order valence-electron chi connectivity index (χ0n) is 11.8. The highest BCUT2D eigenvalue weighted by molar-refractivity contribution is 5.54. The molecule has 0 radical (unpaired) electrons. The molecule has 2 atom stereocenters. The van der Waals surface area contributed by atoms with Gasteiger partial charge in [0.2, 0.25) is 0 Å². The lowest BCUT2D eigenvalue weighted by Gasteiger charge is -2.37. The van der Waals surface area contributed by atoms with E-state index >= 15 is 0 Å². The SMILES string of the molecule is CN(c1ccc2c(c1)CCCO2)C1CCCCC1N. The van der Waals surface area contributed by atoms with Gasteiger partial charge in [-0.1, -0.05) is 12.8 Å². The summed E-state index contributed by atoms with van der Waals surface area (Å²) in [5, 5.41) is 0. The van der Waals surface area contributed by atoms with Crippen LogP contribution in [0.15, 0.2) is 18.2 Å². The number of hydrogen-bond donors (Lipinski definition) is 1. The van der Waals surface area contributed by atoms with Crippen LogP contribution in [0.5, 0.6) is 5.75 Å². The number of rotatable bonds is 2. The summed E-state index contributed by atoms with van der Waals surface area (Å²) in [7, 11) is 2.18. The lowest BCUT2D eigenvalue weighted by Crippen LogP contribution is -2.48. The molecule has 1 aliphatic carbocycles. The zero-order chi connectivity index (χ0) is 13.2. The molecule has 1 aliphatic heterocycles. The predicted octanol–water partition coefficient (Wildman–Crippen LogP) is 2.72. The van der Waals surface area contributed by atoms with Gasteiger partial charge in [-0.05, 0) is 49.4 Å². The van der Waals surface area contributed by atoms with E-state index in [1.165, 1.54) is 30.5 Å². The molecule has 2 aliphatic rings. The van der Waals surface area contributed by atoms with Gasteiger partial charge in [-0.3, -0.25) is 0 Å². The van der Waals surface area contributed by atoms with Gasteiger partial charge in [0, 0.05) is 24.8 Å². The number of ether oxygens (including phenoxy) is 1.